The van der Waals surface area contributed by atoms with Crippen molar-refractivity contribution in [1.29, 1.82) is 0 Å². The first-order valence-corrected chi connectivity index (χ1v) is 10.6. The van der Waals surface area contributed by atoms with Crippen molar-refractivity contribution in [3.63, 3.8) is 0 Å². The molecule has 0 radical (unpaired) electrons. The Balaban J connectivity index is 1.45. The van der Waals surface area contributed by atoms with Crippen LogP contribution in [0.25, 0.3) is 22.3 Å². The van der Waals surface area contributed by atoms with Gasteiger partial charge in [0.1, 0.15) is 6.61 Å². The standard InChI is InChI=1S/C23H21F3N6O2/c1-13-10-14(20-27-12-15-11-16(23(24,25)26)5-6-17(15)28-20)4-7-18(13)32-8-9-34-21-19(22(32)33)30(2)31(3)29-21/h4-7,10-12,19H,8-9H2,1-3H3. The van der Waals surface area contributed by atoms with Gasteiger partial charge in [0, 0.05) is 36.9 Å². The molecule has 2 aliphatic heterocycles. The van der Waals surface area contributed by atoms with Crippen molar-refractivity contribution < 1.29 is 22.7 Å². The first-order chi connectivity index (χ1) is 16.1. The fourth-order valence-electron chi connectivity index (χ4n) is 4.15. The van der Waals surface area contributed by atoms with Gasteiger partial charge in [-0.15, -0.1) is 5.10 Å². The number of hydrogen-bond donors (Lipinski definition) is 0. The van der Waals surface area contributed by atoms with E-state index in [0.29, 0.717) is 41.3 Å². The second kappa shape index (κ2) is 7.94. The van der Waals surface area contributed by atoms with E-state index in [9.17, 15) is 18.0 Å². The molecule has 1 atom stereocenters. The normalized spacial score (nSPS) is 19.2. The van der Waals surface area contributed by atoms with Crippen LogP contribution in [0.4, 0.5) is 18.9 Å². The first-order valence-electron chi connectivity index (χ1n) is 10.6. The largest absolute Gasteiger partial charge is 0.476 e. The number of carbonyl (C=O) groups is 1. The van der Waals surface area contributed by atoms with E-state index in [1.807, 2.05) is 19.1 Å². The number of fused-ring (bicyclic) bond motifs is 2. The summed E-state index contributed by atoms with van der Waals surface area (Å²) in [4.78, 5) is 23.7. The maximum absolute atomic E-state index is 13.3. The maximum atomic E-state index is 13.3. The second-order valence-corrected chi connectivity index (χ2v) is 8.21. The number of anilines is 1. The van der Waals surface area contributed by atoms with Crippen LogP contribution in [0.15, 0.2) is 47.7 Å². The highest BCUT2D eigenvalue weighted by Gasteiger charge is 2.43. The molecule has 1 saturated heterocycles. The molecule has 3 aromatic rings. The van der Waals surface area contributed by atoms with Gasteiger partial charge in [-0.2, -0.15) is 18.2 Å². The van der Waals surface area contributed by atoms with Crippen LogP contribution in [0.2, 0.25) is 0 Å². The number of hydrogen-bond acceptors (Lipinski definition) is 7. The third-order valence-corrected chi connectivity index (χ3v) is 6.03. The minimum absolute atomic E-state index is 0.138. The van der Waals surface area contributed by atoms with Crippen molar-refractivity contribution in [2.24, 2.45) is 5.10 Å². The van der Waals surface area contributed by atoms with Crippen LogP contribution in [0.3, 0.4) is 0 Å². The summed E-state index contributed by atoms with van der Waals surface area (Å²) >= 11 is 0. The lowest BCUT2D eigenvalue weighted by Crippen LogP contribution is -2.49. The van der Waals surface area contributed by atoms with Crippen molar-refractivity contribution >= 4 is 28.4 Å². The van der Waals surface area contributed by atoms with Crippen LogP contribution in [0, 0.1) is 6.92 Å². The van der Waals surface area contributed by atoms with E-state index in [-0.39, 0.29) is 5.91 Å². The highest BCUT2D eigenvalue weighted by atomic mass is 19.4. The number of hydrazone groups is 1. The van der Waals surface area contributed by atoms with Crippen LogP contribution in [-0.4, -0.2) is 65.2 Å². The average molecular weight is 470 g/mol. The van der Waals surface area contributed by atoms with E-state index < -0.39 is 17.8 Å². The molecule has 0 saturated carbocycles. The molecule has 1 amide bonds. The summed E-state index contributed by atoms with van der Waals surface area (Å²) < 4.78 is 44.6. The zero-order chi connectivity index (χ0) is 24.2. The molecular weight excluding hydrogens is 449 g/mol. The predicted octanol–water partition coefficient (Wildman–Crippen LogP) is 3.46. The molecule has 0 aliphatic carbocycles. The summed E-state index contributed by atoms with van der Waals surface area (Å²) in [6.45, 7) is 2.58. The van der Waals surface area contributed by atoms with E-state index in [1.54, 1.807) is 35.2 Å². The molecule has 176 valence electrons. The van der Waals surface area contributed by atoms with Gasteiger partial charge in [0.05, 0.1) is 17.6 Å². The molecule has 1 aromatic heterocycles. The lowest BCUT2D eigenvalue weighted by Gasteiger charge is -2.28. The lowest BCUT2D eigenvalue weighted by atomic mass is 10.1. The van der Waals surface area contributed by atoms with E-state index >= 15 is 0 Å². The third-order valence-electron chi connectivity index (χ3n) is 6.03. The fraction of sp³-hybridized carbons (Fsp3) is 0.304. The number of carbonyl (C=O) groups excluding carboxylic acids is 1. The number of nitrogens with zero attached hydrogens (tertiary/aromatic N) is 6. The van der Waals surface area contributed by atoms with Gasteiger partial charge in [0.2, 0.25) is 5.90 Å². The first kappa shape index (κ1) is 22.1. The predicted molar refractivity (Wildman–Crippen MR) is 120 cm³/mol. The molecule has 0 N–H and O–H groups in total. The van der Waals surface area contributed by atoms with Crippen molar-refractivity contribution in [2.75, 3.05) is 32.1 Å². The fourth-order valence-corrected chi connectivity index (χ4v) is 4.15. The number of rotatable bonds is 2. The van der Waals surface area contributed by atoms with Crippen LogP contribution in [0.5, 0.6) is 0 Å². The summed E-state index contributed by atoms with van der Waals surface area (Å²) in [7, 11) is 3.52. The highest BCUT2D eigenvalue weighted by Crippen LogP contribution is 2.32. The Bertz CT molecular complexity index is 1330. The van der Waals surface area contributed by atoms with E-state index in [2.05, 4.69) is 15.1 Å². The van der Waals surface area contributed by atoms with Gasteiger partial charge in [-0.3, -0.25) is 4.79 Å². The average Bonchev–Trinajstić information content (AvgIpc) is 2.98. The molecule has 1 unspecified atom stereocenters. The Morgan fingerprint density at radius 1 is 1.12 bits per heavy atom. The van der Waals surface area contributed by atoms with Crippen molar-refractivity contribution in [3.05, 3.63) is 53.7 Å². The van der Waals surface area contributed by atoms with Crippen molar-refractivity contribution in [1.82, 2.24) is 20.1 Å². The topological polar surface area (TPSA) is 74.2 Å². The summed E-state index contributed by atoms with van der Waals surface area (Å²) in [5.41, 5.74) is 1.93. The van der Waals surface area contributed by atoms with E-state index in [0.717, 1.165) is 23.4 Å². The van der Waals surface area contributed by atoms with E-state index in [4.69, 9.17) is 4.74 Å². The van der Waals surface area contributed by atoms with Crippen molar-refractivity contribution in [2.45, 2.75) is 19.1 Å². The summed E-state index contributed by atoms with van der Waals surface area (Å²) in [5, 5.41) is 7.88. The molecule has 1 fully saturated rings. The smallest absolute Gasteiger partial charge is 0.416 e. The number of benzene rings is 2. The van der Waals surface area contributed by atoms with Gasteiger partial charge in [-0.05, 0) is 48.9 Å². The Hall–Kier alpha value is -3.73. The summed E-state index contributed by atoms with van der Waals surface area (Å²) in [6, 6.07) is 8.24. The van der Waals surface area contributed by atoms with Gasteiger partial charge in [-0.1, -0.05) is 0 Å². The monoisotopic (exact) mass is 470 g/mol. The van der Waals surface area contributed by atoms with Crippen LogP contribution in [0.1, 0.15) is 11.1 Å². The zero-order valence-electron chi connectivity index (χ0n) is 18.7. The Labute approximate surface area is 193 Å². The van der Waals surface area contributed by atoms with Crippen LogP contribution >= 0.6 is 0 Å². The number of likely N-dealkylation sites (N-methyl/N-ethyl adjacent to an activating group) is 1. The molecule has 8 nitrogen and oxygen atoms in total. The molecule has 34 heavy (non-hydrogen) atoms. The second-order valence-electron chi connectivity index (χ2n) is 8.21. The van der Waals surface area contributed by atoms with Crippen molar-refractivity contribution in [3.8, 4) is 11.4 Å². The maximum Gasteiger partial charge on any atom is 0.416 e. The Morgan fingerprint density at radius 3 is 2.65 bits per heavy atom. The summed E-state index contributed by atoms with van der Waals surface area (Å²) in [6.07, 6.45) is -3.04. The number of aromatic nitrogens is 2. The molecule has 3 heterocycles. The number of alkyl halides is 3. The van der Waals surface area contributed by atoms with Gasteiger partial charge < -0.3 is 9.64 Å². The molecule has 2 aliphatic rings. The van der Waals surface area contributed by atoms with Crippen LogP contribution in [-0.2, 0) is 15.7 Å². The molecule has 0 spiro atoms. The van der Waals surface area contributed by atoms with Gasteiger partial charge in [0.15, 0.2) is 11.9 Å². The summed E-state index contributed by atoms with van der Waals surface area (Å²) in [5.74, 6) is 0.630. The number of amides is 1. The quantitative estimate of drug-likeness (QED) is 0.571. The number of aryl methyl sites for hydroxylation is 1. The SMILES string of the molecule is Cc1cc(-c2ncc3cc(C(F)(F)F)ccc3n2)ccc1N1CCOC2=NN(C)N(C)C2C1=O. The Kier molecular flexibility index (Phi) is 5.16. The number of hydrazine groups is 1. The Morgan fingerprint density at radius 2 is 1.91 bits per heavy atom. The van der Waals surface area contributed by atoms with Gasteiger partial charge in [0.25, 0.3) is 5.91 Å². The lowest BCUT2D eigenvalue weighted by molar-refractivity contribution is -0.137. The molecule has 5 rings (SSSR count). The number of halogens is 3. The van der Waals surface area contributed by atoms with E-state index in [1.165, 1.54) is 12.3 Å². The third kappa shape index (κ3) is 3.71. The number of ether oxygens (including phenoxy) is 1. The van der Waals surface area contributed by atoms with Gasteiger partial charge in [-0.25, -0.2) is 15.1 Å². The minimum Gasteiger partial charge on any atom is -0.476 e. The molecule has 0 bridgehead atoms. The minimum atomic E-state index is -4.43. The highest BCUT2D eigenvalue weighted by molar-refractivity contribution is 6.12. The molecule has 2 aromatic carbocycles. The zero-order valence-corrected chi connectivity index (χ0v) is 18.7. The van der Waals surface area contributed by atoms with Crippen LogP contribution < -0.4 is 4.90 Å². The van der Waals surface area contributed by atoms with Gasteiger partial charge >= 0.3 is 6.18 Å². The molecule has 11 heteroatoms. The molecular formula is C23H21F3N6O2.